The van der Waals surface area contributed by atoms with Gasteiger partial charge in [0.2, 0.25) is 0 Å². The summed E-state index contributed by atoms with van der Waals surface area (Å²) in [5, 5.41) is 8.96. The van der Waals surface area contributed by atoms with E-state index in [2.05, 4.69) is 22.9 Å². The molecule has 0 saturated carbocycles. The molecule has 0 radical (unpaired) electrons. The Balaban J connectivity index is 1.67. The summed E-state index contributed by atoms with van der Waals surface area (Å²) in [6.07, 6.45) is 4.90. The minimum absolute atomic E-state index is 0.0142. The zero-order valence-electron chi connectivity index (χ0n) is 17.4. The Morgan fingerprint density at radius 1 is 1.21 bits per heavy atom. The van der Waals surface area contributed by atoms with Crippen LogP contribution in [0.25, 0.3) is 0 Å². The van der Waals surface area contributed by atoms with Gasteiger partial charge < -0.3 is 10.0 Å². The number of aryl methyl sites for hydroxylation is 2. The normalized spacial score (nSPS) is 15.9. The highest BCUT2D eigenvalue weighted by Gasteiger charge is 2.21. The molecule has 3 rings (SSSR count). The lowest BCUT2D eigenvalue weighted by atomic mass is 9.93. The van der Waals surface area contributed by atoms with Gasteiger partial charge in [0.15, 0.2) is 0 Å². The standard InChI is InChI=1S/C23H29N3O3/c1-15-10-12-26(13-11-15)22-18(5-4-16(2)25-22)7-9-21(27)17(3)19-6-8-20(23(28)29)24-14-19/h4-6,8,14-15,17H,7,9-13H2,1-3H3,(H,28,29). The Bertz CT molecular complexity index is 871. The molecule has 29 heavy (non-hydrogen) atoms. The fourth-order valence-electron chi connectivity index (χ4n) is 3.71. The van der Waals surface area contributed by atoms with Crippen molar-refractivity contribution in [2.45, 2.75) is 52.4 Å². The van der Waals surface area contributed by atoms with Crippen molar-refractivity contribution in [2.24, 2.45) is 5.92 Å². The van der Waals surface area contributed by atoms with Crippen molar-refractivity contribution < 1.29 is 14.7 Å². The number of carboxylic acids is 1. The van der Waals surface area contributed by atoms with Gasteiger partial charge >= 0.3 is 5.97 Å². The van der Waals surface area contributed by atoms with Gasteiger partial charge in [-0.2, -0.15) is 0 Å². The Morgan fingerprint density at radius 2 is 1.93 bits per heavy atom. The van der Waals surface area contributed by atoms with Crippen molar-refractivity contribution >= 4 is 17.6 Å². The van der Waals surface area contributed by atoms with E-state index in [1.807, 2.05) is 19.9 Å². The van der Waals surface area contributed by atoms with E-state index in [0.717, 1.165) is 41.6 Å². The molecular weight excluding hydrogens is 366 g/mol. The van der Waals surface area contributed by atoms with Crippen molar-refractivity contribution in [1.29, 1.82) is 0 Å². The molecule has 2 aromatic heterocycles. The van der Waals surface area contributed by atoms with E-state index in [1.165, 1.54) is 25.1 Å². The summed E-state index contributed by atoms with van der Waals surface area (Å²) in [7, 11) is 0. The average molecular weight is 396 g/mol. The van der Waals surface area contributed by atoms with E-state index in [-0.39, 0.29) is 17.4 Å². The summed E-state index contributed by atoms with van der Waals surface area (Å²) in [5.74, 6) is 0.506. The number of piperidine rings is 1. The van der Waals surface area contributed by atoms with Crippen LogP contribution < -0.4 is 4.90 Å². The minimum atomic E-state index is -1.07. The molecule has 1 unspecified atom stereocenters. The monoisotopic (exact) mass is 395 g/mol. The molecule has 1 atom stereocenters. The first-order valence-electron chi connectivity index (χ1n) is 10.3. The van der Waals surface area contributed by atoms with E-state index in [0.29, 0.717) is 12.8 Å². The smallest absolute Gasteiger partial charge is 0.354 e. The lowest BCUT2D eigenvalue weighted by Crippen LogP contribution is -2.34. The lowest BCUT2D eigenvalue weighted by molar-refractivity contribution is -0.120. The first kappa shape index (κ1) is 21.0. The van der Waals surface area contributed by atoms with Crippen molar-refractivity contribution in [3.05, 3.63) is 53.0 Å². The number of pyridine rings is 2. The predicted molar refractivity (Wildman–Crippen MR) is 113 cm³/mol. The topological polar surface area (TPSA) is 83.4 Å². The summed E-state index contributed by atoms with van der Waals surface area (Å²) in [6.45, 7) is 8.16. The number of Topliss-reactive ketones (excluding diaryl/α,β-unsaturated/α-hetero) is 1. The van der Waals surface area contributed by atoms with Crippen LogP contribution >= 0.6 is 0 Å². The quantitative estimate of drug-likeness (QED) is 0.762. The number of ketones is 1. The van der Waals surface area contributed by atoms with Crippen LogP contribution in [-0.4, -0.2) is 39.9 Å². The maximum Gasteiger partial charge on any atom is 0.354 e. The van der Waals surface area contributed by atoms with Crippen molar-refractivity contribution in [2.75, 3.05) is 18.0 Å². The van der Waals surface area contributed by atoms with Crippen LogP contribution in [0.3, 0.4) is 0 Å². The van der Waals surface area contributed by atoms with Crippen molar-refractivity contribution in [3.8, 4) is 0 Å². The number of carbonyl (C=O) groups excluding carboxylic acids is 1. The highest BCUT2D eigenvalue weighted by Crippen LogP contribution is 2.27. The number of carbonyl (C=O) groups is 2. The number of hydrogen-bond acceptors (Lipinski definition) is 5. The van der Waals surface area contributed by atoms with E-state index in [9.17, 15) is 9.59 Å². The van der Waals surface area contributed by atoms with Gasteiger partial charge in [0, 0.05) is 37.3 Å². The van der Waals surface area contributed by atoms with Crippen LogP contribution in [0.15, 0.2) is 30.5 Å². The van der Waals surface area contributed by atoms with Crippen molar-refractivity contribution in [3.63, 3.8) is 0 Å². The number of anilines is 1. The van der Waals surface area contributed by atoms with Crippen molar-refractivity contribution in [1.82, 2.24) is 9.97 Å². The first-order valence-corrected chi connectivity index (χ1v) is 10.3. The molecule has 2 aromatic rings. The predicted octanol–water partition coefficient (Wildman–Crippen LogP) is 4.02. The van der Waals surface area contributed by atoms with E-state index in [4.69, 9.17) is 10.1 Å². The molecule has 6 heteroatoms. The minimum Gasteiger partial charge on any atom is -0.477 e. The van der Waals surface area contributed by atoms with Gasteiger partial charge in [0.25, 0.3) is 0 Å². The molecule has 6 nitrogen and oxygen atoms in total. The molecule has 1 aliphatic heterocycles. The molecule has 1 N–H and O–H groups in total. The fraction of sp³-hybridized carbons (Fsp3) is 0.478. The summed E-state index contributed by atoms with van der Waals surface area (Å²) in [4.78, 5) is 34.7. The maximum absolute atomic E-state index is 12.8. The third kappa shape index (κ3) is 5.19. The van der Waals surface area contributed by atoms with E-state index in [1.54, 1.807) is 6.07 Å². The van der Waals surface area contributed by atoms with Gasteiger partial charge in [0.1, 0.15) is 17.3 Å². The van der Waals surface area contributed by atoms with Crippen LogP contribution in [0.4, 0.5) is 5.82 Å². The van der Waals surface area contributed by atoms with Crippen LogP contribution in [0.1, 0.15) is 66.3 Å². The number of aromatic nitrogens is 2. The molecule has 0 aromatic carbocycles. The largest absolute Gasteiger partial charge is 0.477 e. The summed E-state index contributed by atoms with van der Waals surface area (Å²) in [6, 6.07) is 7.22. The second-order valence-corrected chi connectivity index (χ2v) is 8.07. The number of aromatic carboxylic acids is 1. The molecule has 154 valence electrons. The number of carboxylic acid groups (broad SMARTS) is 1. The van der Waals surface area contributed by atoms with Gasteiger partial charge in [-0.15, -0.1) is 0 Å². The average Bonchev–Trinajstić information content (AvgIpc) is 2.72. The zero-order chi connectivity index (χ0) is 21.0. The SMILES string of the molecule is Cc1ccc(CCC(=O)C(C)c2ccc(C(=O)O)nc2)c(N2CCC(C)CC2)n1. The molecule has 1 aliphatic rings. The Morgan fingerprint density at radius 3 is 2.55 bits per heavy atom. The van der Waals surface area contributed by atoms with Gasteiger partial charge in [-0.25, -0.2) is 14.8 Å². The molecule has 0 bridgehead atoms. The molecule has 0 aliphatic carbocycles. The van der Waals surface area contributed by atoms with Crippen LogP contribution in [0.2, 0.25) is 0 Å². The summed E-state index contributed by atoms with van der Waals surface area (Å²) < 4.78 is 0. The van der Waals surface area contributed by atoms with Crippen LogP contribution in [-0.2, 0) is 11.2 Å². The highest BCUT2D eigenvalue weighted by molar-refractivity contribution is 5.87. The van der Waals surface area contributed by atoms with Gasteiger partial charge in [-0.1, -0.05) is 26.0 Å². The van der Waals surface area contributed by atoms with Crippen LogP contribution in [0.5, 0.6) is 0 Å². The zero-order valence-corrected chi connectivity index (χ0v) is 17.4. The number of hydrogen-bond donors (Lipinski definition) is 1. The third-order valence-electron chi connectivity index (χ3n) is 5.81. The molecule has 0 amide bonds. The number of rotatable bonds is 7. The molecule has 3 heterocycles. The van der Waals surface area contributed by atoms with E-state index < -0.39 is 5.97 Å². The van der Waals surface area contributed by atoms with Crippen LogP contribution in [0, 0.1) is 12.8 Å². The lowest BCUT2D eigenvalue weighted by Gasteiger charge is -2.32. The molecular formula is C23H29N3O3. The maximum atomic E-state index is 12.8. The Hall–Kier alpha value is -2.76. The third-order valence-corrected chi connectivity index (χ3v) is 5.81. The molecule has 0 spiro atoms. The second-order valence-electron chi connectivity index (χ2n) is 8.07. The highest BCUT2D eigenvalue weighted by atomic mass is 16.4. The van der Waals surface area contributed by atoms with Gasteiger partial charge in [-0.3, -0.25) is 4.79 Å². The fourth-order valence-corrected chi connectivity index (χ4v) is 3.71. The van der Waals surface area contributed by atoms with E-state index >= 15 is 0 Å². The van der Waals surface area contributed by atoms with Gasteiger partial charge in [0.05, 0.1) is 0 Å². The second kappa shape index (κ2) is 9.16. The Kier molecular flexibility index (Phi) is 6.62. The first-order chi connectivity index (χ1) is 13.8. The summed E-state index contributed by atoms with van der Waals surface area (Å²) >= 11 is 0. The summed E-state index contributed by atoms with van der Waals surface area (Å²) in [5.41, 5.74) is 2.84. The van der Waals surface area contributed by atoms with Gasteiger partial charge in [-0.05, 0) is 55.4 Å². The molecule has 1 saturated heterocycles. The number of nitrogens with zero attached hydrogens (tertiary/aromatic N) is 3. The Labute approximate surface area is 172 Å². The molecule has 1 fully saturated rings.